The fraction of sp³-hybridized carbons (Fsp3) is 0.357. The lowest BCUT2D eigenvalue weighted by molar-refractivity contribution is 0.103. The Labute approximate surface area is 200 Å². The first kappa shape index (κ1) is 23.7. The molecule has 0 saturated heterocycles. The zero-order chi connectivity index (χ0) is 23.2. The van der Waals surface area contributed by atoms with Gasteiger partial charge < -0.3 is 19.7 Å². The summed E-state index contributed by atoms with van der Waals surface area (Å²) in [6.45, 7) is 4.42. The van der Waals surface area contributed by atoms with Crippen LogP contribution in [0.1, 0.15) is 37.8 Å². The minimum absolute atomic E-state index is 0.257. The van der Waals surface area contributed by atoms with Crippen molar-refractivity contribution in [3.05, 3.63) is 76.7 Å². The van der Waals surface area contributed by atoms with Crippen molar-refractivity contribution >= 4 is 22.5 Å². The Morgan fingerprint density at radius 1 is 0.788 bits per heavy atom. The van der Waals surface area contributed by atoms with Gasteiger partial charge in [0.25, 0.3) is 0 Å². The molecule has 0 aliphatic heterocycles. The van der Waals surface area contributed by atoms with Crippen molar-refractivity contribution in [3.8, 4) is 11.5 Å². The Morgan fingerprint density at radius 3 is 1.91 bits per heavy atom. The molecular weight excluding hydrogens is 432 g/mol. The van der Waals surface area contributed by atoms with Gasteiger partial charge in [-0.3, -0.25) is 0 Å². The molecule has 5 heteroatoms. The minimum Gasteiger partial charge on any atom is -0.490 e. The number of hydrogen-bond acceptors (Lipinski definition) is 5. The normalized spacial score (nSPS) is 15.0. The summed E-state index contributed by atoms with van der Waals surface area (Å²) in [7, 11) is 0. The van der Waals surface area contributed by atoms with Crippen LogP contribution in [0.3, 0.4) is 0 Å². The first-order valence-corrected chi connectivity index (χ1v) is 12.5. The molecular formula is C28H32O4S. The van der Waals surface area contributed by atoms with Crippen LogP contribution in [0.25, 0.3) is 10.8 Å². The Hall–Kier alpha value is -2.47. The summed E-state index contributed by atoms with van der Waals surface area (Å²) >= 11 is 1.77. The summed E-state index contributed by atoms with van der Waals surface area (Å²) in [5.74, 6) is 1.66. The summed E-state index contributed by atoms with van der Waals surface area (Å²) in [4.78, 5) is 2.48. The number of benzene rings is 3. The molecule has 1 aliphatic carbocycles. The number of thioether (sulfide) groups is 1. The first-order chi connectivity index (χ1) is 16.1. The van der Waals surface area contributed by atoms with Gasteiger partial charge in [-0.25, -0.2) is 0 Å². The van der Waals surface area contributed by atoms with Gasteiger partial charge in [0.1, 0.15) is 24.7 Å². The van der Waals surface area contributed by atoms with Crippen LogP contribution in [0.5, 0.6) is 11.5 Å². The lowest BCUT2D eigenvalue weighted by Gasteiger charge is -2.26. The number of aliphatic hydroxyl groups is 2. The van der Waals surface area contributed by atoms with Gasteiger partial charge in [0.15, 0.2) is 0 Å². The molecule has 2 N–H and O–H groups in total. The molecule has 0 spiro atoms. The van der Waals surface area contributed by atoms with E-state index in [1.54, 1.807) is 11.8 Å². The number of ether oxygens (including phenoxy) is 2. The highest BCUT2D eigenvalue weighted by molar-refractivity contribution is 8.03. The maximum absolute atomic E-state index is 10.2. The van der Waals surface area contributed by atoms with E-state index in [0.29, 0.717) is 12.8 Å². The van der Waals surface area contributed by atoms with Crippen molar-refractivity contribution in [3.63, 3.8) is 0 Å². The lowest BCUT2D eigenvalue weighted by atomic mass is 9.90. The van der Waals surface area contributed by atoms with E-state index in [1.807, 2.05) is 38.1 Å². The van der Waals surface area contributed by atoms with E-state index < -0.39 is 12.2 Å². The van der Waals surface area contributed by atoms with Crippen LogP contribution < -0.4 is 9.47 Å². The van der Waals surface area contributed by atoms with Crippen molar-refractivity contribution in [2.45, 2.75) is 56.6 Å². The molecule has 4 nitrogen and oxygen atoms in total. The smallest absolute Gasteiger partial charge is 0.131 e. The molecule has 174 valence electrons. The van der Waals surface area contributed by atoms with E-state index in [4.69, 9.17) is 9.47 Å². The van der Waals surface area contributed by atoms with Gasteiger partial charge in [0.05, 0.1) is 12.2 Å². The summed E-state index contributed by atoms with van der Waals surface area (Å²) in [5.41, 5.74) is 2.22. The molecule has 0 radical (unpaired) electrons. The minimum atomic E-state index is -0.507. The highest BCUT2D eigenvalue weighted by Gasteiger charge is 2.25. The van der Waals surface area contributed by atoms with Crippen LogP contribution in [-0.2, 0) is 12.8 Å². The molecule has 0 amide bonds. The van der Waals surface area contributed by atoms with Gasteiger partial charge in [0.2, 0.25) is 0 Å². The number of rotatable bonds is 10. The quantitative estimate of drug-likeness (QED) is 0.390. The van der Waals surface area contributed by atoms with Crippen molar-refractivity contribution in [2.24, 2.45) is 0 Å². The maximum atomic E-state index is 10.2. The number of aliphatic hydroxyl groups excluding tert-OH is 2. The molecule has 0 fully saturated rings. The molecule has 0 bridgehead atoms. The highest BCUT2D eigenvalue weighted by Crippen LogP contribution is 2.46. The Kier molecular flexibility index (Phi) is 7.97. The molecule has 0 heterocycles. The fourth-order valence-corrected chi connectivity index (χ4v) is 4.96. The zero-order valence-corrected chi connectivity index (χ0v) is 20.1. The van der Waals surface area contributed by atoms with E-state index in [0.717, 1.165) is 46.2 Å². The van der Waals surface area contributed by atoms with Crippen molar-refractivity contribution in [2.75, 3.05) is 13.2 Å². The molecule has 4 rings (SSSR count). The van der Waals surface area contributed by atoms with E-state index in [2.05, 4.69) is 36.4 Å². The van der Waals surface area contributed by atoms with Crippen LogP contribution in [0, 0.1) is 0 Å². The monoisotopic (exact) mass is 464 g/mol. The van der Waals surface area contributed by atoms with Gasteiger partial charge in [-0.05, 0) is 36.3 Å². The molecule has 0 aromatic heterocycles. The third kappa shape index (κ3) is 5.55. The Morgan fingerprint density at radius 2 is 1.33 bits per heavy atom. The SMILES string of the molecule is CCC(O)COc1c2c(c(OCC(O)CC)c3ccccc13)CC(Sc1ccccc1)=CC2. The van der Waals surface area contributed by atoms with E-state index in [1.165, 1.54) is 9.80 Å². The number of hydrogen-bond donors (Lipinski definition) is 2. The van der Waals surface area contributed by atoms with Gasteiger partial charge in [-0.15, -0.1) is 0 Å². The maximum Gasteiger partial charge on any atom is 0.131 e. The second-order valence-electron chi connectivity index (χ2n) is 8.37. The van der Waals surface area contributed by atoms with Crippen molar-refractivity contribution in [1.29, 1.82) is 0 Å². The third-order valence-corrected chi connectivity index (χ3v) is 7.07. The predicted molar refractivity (Wildman–Crippen MR) is 135 cm³/mol. The average molecular weight is 465 g/mol. The summed E-state index contributed by atoms with van der Waals surface area (Å²) in [6, 6.07) is 18.5. The summed E-state index contributed by atoms with van der Waals surface area (Å²) < 4.78 is 12.5. The predicted octanol–water partition coefficient (Wildman–Crippen LogP) is 5.91. The molecule has 1 aliphatic rings. The lowest BCUT2D eigenvalue weighted by Crippen LogP contribution is -2.19. The molecule has 2 unspecified atom stereocenters. The fourth-order valence-electron chi connectivity index (χ4n) is 3.99. The highest BCUT2D eigenvalue weighted by atomic mass is 32.2. The Balaban J connectivity index is 1.76. The van der Waals surface area contributed by atoms with Crippen LogP contribution in [0.2, 0.25) is 0 Å². The van der Waals surface area contributed by atoms with Gasteiger partial charge in [-0.1, -0.05) is 74.1 Å². The van der Waals surface area contributed by atoms with E-state index in [-0.39, 0.29) is 13.2 Å². The van der Waals surface area contributed by atoms with Crippen LogP contribution in [0.4, 0.5) is 0 Å². The van der Waals surface area contributed by atoms with Crippen molar-refractivity contribution < 1.29 is 19.7 Å². The number of fused-ring (bicyclic) bond motifs is 2. The molecule has 3 aromatic carbocycles. The zero-order valence-electron chi connectivity index (χ0n) is 19.3. The standard InChI is InChI=1S/C28H32O4S/c1-3-19(29)17-31-27-23-12-8-9-13-24(23)28(32-18-20(30)4-2)26-16-22(14-15-25(26)27)33-21-10-6-5-7-11-21/h5-14,19-20,29-30H,3-4,15-18H2,1-2H3. The van der Waals surface area contributed by atoms with Crippen LogP contribution in [-0.4, -0.2) is 35.6 Å². The largest absolute Gasteiger partial charge is 0.490 e. The van der Waals surface area contributed by atoms with E-state index >= 15 is 0 Å². The summed E-state index contributed by atoms with van der Waals surface area (Å²) in [6.07, 6.45) is 4.02. The number of allylic oxidation sites excluding steroid dienone is 2. The van der Waals surface area contributed by atoms with Crippen LogP contribution in [0.15, 0.2) is 70.5 Å². The second kappa shape index (κ2) is 11.1. The molecule has 0 saturated carbocycles. The van der Waals surface area contributed by atoms with Gasteiger partial charge in [0, 0.05) is 33.2 Å². The van der Waals surface area contributed by atoms with Crippen molar-refractivity contribution in [1.82, 2.24) is 0 Å². The molecule has 33 heavy (non-hydrogen) atoms. The van der Waals surface area contributed by atoms with Crippen LogP contribution >= 0.6 is 11.8 Å². The third-order valence-electron chi connectivity index (χ3n) is 5.99. The first-order valence-electron chi connectivity index (χ1n) is 11.7. The Bertz CT molecular complexity index is 1110. The average Bonchev–Trinajstić information content (AvgIpc) is 2.86. The molecule has 2 atom stereocenters. The van der Waals surface area contributed by atoms with Gasteiger partial charge >= 0.3 is 0 Å². The van der Waals surface area contributed by atoms with Gasteiger partial charge in [-0.2, -0.15) is 0 Å². The van der Waals surface area contributed by atoms with E-state index in [9.17, 15) is 10.2 Å². The summed E-state index contributed by atoms with van der Waals surface area (Å²) in [5, 5.41) is 22.3. The second-order valence-corrected chi connectivity index (χ2v) is 9.57. The molecule has 3 aromatic rings. The topological polar surface area (TPSA) is 58.9 Å².